The number of nitro groups is 1. The van der Waals surface area contributed by atoms with Gasteiger partial charge >= 0.3 is 5.69 Å². The van der Waals surface area contributed by atoms with Crippen LogP contribution in [0, 0.1) is 13.7 Å². The van der Waals surface area contributed by atoms with Crippen molar-refractivity contribution in [1.82, 2.24) is 0 Å². The molecule has 1 rings (SSSR count). The normalized spacial score (nSPS) is 9.55. The molecule has 0 unspecified atom stereocenters. The number of anilines is 1. The van der Waals surface area contributed by atoms with Gasteiger partial charge in [-0.25, -0.2) is 0 Å². The Morgan fingerprint density at radius 3 is 2.55 bits per heavy atom. The molecular weight excluding hydrogens is 259 g/mol. The van der Waals surface area contributed by atoms with E-state index in [2.05, 4.69) is 0 Å². The second kappa shape index (κ2) is 3.04. The van der Waals surface area contributed by atoms with Gasteiger partial charge in [0.15, 0.2) is 0 Å². The Kier molecular flexibility index (Phi) is 2.28. The van der Waals surface area contributed by atoms with Gasteiger partial charge in [0.25, 0.3) is 0 Å². The first-order chi connectivity index (χ1) is 5.13. The van der Waals surface area contributed by atoms with Gasteiger partial charge < -0.3 is 5.73 Å². The van der Waals surface area contributed by atoms with Crippen molar-refractivity contribution in [2.45, 2.75) is 0 Å². The molecule has 0 atom stereocenters. The molecule has 11 heavy (non-hydrogen) atoms. The molecule has 0 saturated heterocycles. The summed E-state index contributed by atoms with van der Waals surface area (Å²) in [6, 6.07) is 4.85. The topological polar surface area (TPSA) is 69.2 Å². The van der Waals surface area contributed by atoms with Crippen LogP contribution < -0.4 is 5.73 Å². The van der Waals surface area contributed by atoms with Crippen molar-refractivity contribution in [3.8, 4) is 0 Å². The van der Waals surface area contributed by atoms with Crippen LogP contribution in [0.1, 0.15) is 0 Å². The minimum absolute atomic E-state index is 0.00639. The molecule has 1 aromatic rings. The van der Waals surface area contributed by atoms with Gasteiger partial charge in [0.05, 0.1) is 8.49 Å². The lowest BCUT2D eigenvalue weighted by atomic mass is 10.3. The zero-order valence-corrected chi connectivity index (χ0v) is 7.61. The summed E-state index contributed by atoms with van der Waals surface area (Å²) in [4.78, 5) is 9.89. The Bertz CT molecular complexity index is 280. The molecule has 58 valence electrons. The number of benzene rings is 1. The van der Waals surface area contributed by atoms with E-state index in [0.29, 0.717) is 3.57 Å². The van der Waals surface area contributed by atoms with E-state index in [4.69, 9.17) is 5.73 Å². The summed E-state index contributed by atoms with van der Waals surface area (Å²) < 4.78 is 0.563. The fourth-order valence-electron chi connectivity index (χ4n) is 0.725. The van der Waals surface area contributed by atoms with Gasteiger partial charge in [-0.15, -0.1) is 0 Å². The summed E-state index contributed by atoms with van der Waals surface area (Å²) in [5.41, 5.74) is 5.58. The van der Waals surface area contributed by atoms with Gasteiger partial charge in [-0.1, -0.05) is 6.07 Å². The highest BCUT2D eigenvalue weighted by Gasteiger charge is 2.14. The number of hydrogen-bond donors (Lipinski definition) is 1. The molecule has 1 aromatic carbocycles. The molecule has 0 spiro atoms. The molecule has 0 saturated carbocycles. The third kappa shape index (κ3) is 1.59. The van der Waals surface area contributed by atoms with Crippen molar-refractivity contribution in [3.05, 3.63) is 31.9 Å². The highest BCUT2D eigenvalue weighted by molar-refractivity contribution is 14.1. The molecule has 0 aliphatic heterocycles. The van der Waals surface area contributed by atoms with Gasteiger partial charge in [0.2, 0.25) is 0 Å². The lowest BCUT2D eigenvalue weighted by Gasteiger charge is -1.97. The number of para-hydroxylation sites is 1. The second-order valence-electron chi connectivity index (χ2n) is 1.93. The number of nitrogens with two attached hydrogens (primary N) is 1. The van der Waals surface area contributed by atoms with Crippen LogP contribution in [0.25, 0.3) is 0 Å². The molecule has 4 nitrogen and oxygen atoms in total. The molecule has 0 heterocycles. The van der Waals surface area contributed by atoms with Crippen LogP contribution in [-0.4, -0.2) is 4.92 Å². The van der Waals surface area contributed by atoms with Crippen LogP contribution in [0.2, 0.25) is 0 Å². The summed E-state index contributed by atoms with van der Waals surface area (Å²) in [6.07, 6.45) is 0. The maximum atomic E-state index is 10.4. The Morgan fingerprint density at radius 2 is 2.18 bits per heavy atom. The molecular formula is C6H5IN2O2. The van der Waals surface area contributed by atoms with Crippen LogP contribution in [-0.2, 0) is 0 Å². The fourth-order valence-corrected chi connectivity index (χ4v) is 1.44. The van der Waals surface area contributed by atoms with E-state index in [0.717, 1.165) is 0 Å². The lowest BCUT2D eigenvalue weighted by Crippen LogP contribution is -1.97. The maximum Gasteiger partial charge on any atom is 0.305 e. The summed E-state index contributed by atoms with van der Waals surface area (Å²) in [5.74, 6) is 0. The Balaban J connectivity index is 3.32. The largest absolute Gasteiger partial charge is 0.393 e. The van der Waals surface area contributed by atoms with Gasteiger partial charge in [-0.2, -0.15) is 0 Å². The van der Waals surface area contributed by atoms with Crippen molar-refractivity contribution >= 4 is 34.0 Å². The third-order valence-electron chi connectivity index (χ3n) is 1.20. The van der Waals surface area contributed by atoms with Crippen molar-refractivity contribution in [1.29, 1.82) is 0 Å². The summed E-state index contributed by atoms with van der Waals surface area (Å²) in [6.45, 7) is 0. The van der Waals surface area contributed by atoms with Crippen LogP contribution in [0.3, 0.4) is 0 Å². The van der Waals surface area contributed by atoms with E-state index >= 15 is 0 Å². The molecule has 2 N–H and O–H groups in total. The molecule has 5 heteroatoms. The van der Waals surface area contributed by atoms with Gasteiger partial charge in [-0.05, 0) is 34.7 Å². The van der Waals surface area contributed by atoms with E-state index in [-0.39, 0.29) is 11.4 Å². The number of halogens is 1. The van der Waals surface area contributed by atoms with Crippen LogP contribution in [0.5, 0.6) is 0 Å². The monoisotopic (exact) mass is 264 g/mol. The third-order valence-corrected chi connectivity index (χ3v) is 2.07. The quantitative estimate of drug-likeness (QED) is 0.364. The molecule has 0 amide bonds. The maximum absolute atomic E-state index is 10.4. The van der Waals surface area contributed by atoms with Gasteiger partial charge in [0.1, 0.15) is 5.69 Å². The van der Waals surface area contributed by atoms with Crippen LogP contribution in [0.15, 0.2) is 18.2 Å². The van der Waals surface area contributed by atoms with Crippen LogP contribution in [0.4, 0.5) is 11.4 Å². The van der Waals surface area contributed by atoms with Crippen molar-refractivity contribution in [2.75, 3.05) is 5.73 Å². The van der Waals surface area contributed by atoms with Gasteiger partial charge in [0, 0.05) is 0 Å². The second-order valence-corrected chi connectivity index (χ2v) is 3.10. The number of nitrogens with zero attached hydrogens (tertiary/aromatic N) is 1. The van der Waals surface area contributed by atoms with E-state index in [1.54, 1.807) is 12.1 Å². The lowest BCUT2D eigenvalue weighted by molar-refractivity contribution is -0.384. The van der Waals surface area contributed by atoms with Crippen molar-refractivity contribution in [3.63, 3.8) is 0 Å². The predicted molar refractivity (Wildman–Crippen MR) is 50.2 cm³/mol. The Labute approximate surface area is 76.7 Å². The Morgan fingerprint density at radius 1 is 1.55 bits per heavy atom. The van der Waals surface area contributed by atoms with Crippen LogP contribution >= 0.6 is 22.6 Å². The Hall–Kier alpha value is -0.850. The molecule has 0 aromatic heterocycles. The SMILES string of the molecule is Nc1cccc(I)c1[N+](=O)[O-]. The zero-order valence-electron chi connectivity index (χ0n) is 5.45. The highest BCUT2D eigenvalue weighted by atomic mass is 127. The average Bonchev–Trinajstić information content (AvgIpc) is 1.85. The molecule has 0 aliphatic carbocycles. The van der Waals surface area contributed by atoms with Gasteiger partial charge in [-0.3, -0.25) is 10.1 Å². The predicted octanol–water partition coefficient (Wildman–Crippen LogP) is 1.78. The molecule has 0 radical (unpaired) electrons. The van der Waals surface area contributed by atoms with Crippen molar-refractivity contribution < 1.29 is 4.92 Å². The summed E-state index contributed by atoms with van der Waals surface area (Å²) in [5, 5.41) is 10.4. The number of nitrogen functional groups attached to an aromatic ring is 1. The summed E-state index contributed by atoms with van der Waals surface area (Å²) >= 11 is 1.88. The first kappa shape index (κ1) is 8.25. The number of hydrogen-bond acceptors (Lipinski definition) is 3. The number of nitro benzene ring substituents is 1. The van der Waals surface area contributed by atoms with E-state index in [1.807, 2.05) is 22.6 Å². The highest BCUT2D eigenvalue weighted by Crippen LogP contribution is 2.26. The minimum atomic E-state index is -0.475. The minimum Gasteiger partial charge on any atom is -0.393 e. The summed E-state index contributed by atoms with van der Waals surface area (Å²) in [7, 11) is 0. The van der Waals surface area contributed by atoms with E-state index in [1.165, 1.54) is 6.07 Å². The molecule has 0 bridgehead atoms. The van der Waals surface area contributed by atoms with E-state index in [9.17, 15) is 10.1 Å². The average molecular weight is 264 g/mol. The first-order valence-electron chi connectivity index (χ1n) is 2.81. The smallest absolute Gasteiger partial charge is 0.305 e. The van der Waals surface area contributed by atoms with E-state index < -0.39 is 4.92 Å². The molecule has 0 fully saturated rings. The van der Waals surface area contributed by atoms with Crippen molar-refractivity contribution in [2.24, 2.45) is 0 Å². The first-order valence-corrected chi connectivity index (χ1v) is 3.89. The molecule has 0 aliphatic rings. The fraction of sp³-hybridized carbons (Fsp3) is 0. The standard InChI is InChI=1S/C6H5IN2O2/c7-4-2-1-3-5(8)6(4)9(10)11/h1-3H,8H2. The zero-order chi connectivity index (χ0) is 8.43. The number of rotatable bonds is 1.